The topological polar surface area (TPSA) is 104 Å². The van der Waals surface area contributed by atoms with Crippen LogP contribution in [0.3, 0.4) is 0 Å². The lowest BCUT2D eigenvalue weighted by molar-refractivity contribution is 0.240. The van der Waals surface area contributed by atoms with Crippen LogP contribution in [0.5, 0.6) is 0 Å². The molecular formula is C7H10N3O4P. The molecule has 0 spiro atoms. The van der Waals surface area contributed by atoms with Gasteiger partial charge < -0.3 is 15.1 Å². The van der Waals surface area contributed by atoms with E-state index in [-0.39, 0.29) is 0 Å². The molecule has 0 aromatic carbocycles. The van der Waals surface area contributed by atoms with E-state index in [4.69, 9.17) is 9.79 Å². The van der Waals surface area contributed by atoms with Crippen LogP contribution >= 0.6 is 7.60 Å². The van der Waals surface area contributed by atoms with E-state index in [9.17, 15) is 9.36 Å². The Bertz CT molecular complexity index is 396. The zero-order valence-corrected chi connectivity index (χ0v) is 8.54. The summed E-state index contributed by atoms with van der Waals surface area (Å²) >= 11 is 0. The van der Waals surface area contributed by atoms with Crippen molar-refractivity contribution in [2.45, 2.75) is 5.78 Å². The minimum atomic E-state index is -4.42. The van der Waals surface area contributed by atoms with Gasteiger partial charge in [0.05, 0.1) is 0 Å². The fraction of sp³-hybridized carbons (Fsp3) is 0.143. The number of nitrogens with zero attached hydrogens (tertiary/aromatic N) is 2. The highest BCUT2D eigenvalue weighted by Gasteiger charge is 2.27. The summed E-state index contributed by atoms with van der Waals surface area (Å²) in [4.78, 5) is 32.6. The molecule has 0 aliphatic rings. The Kier molecular flexibility index (Phi) is 3.41. The summed E-state index contributed by atoms with van der Waals surface area (Å²) in [5, 5.41) is 2.11. The molecule has 1 unspecified atom stereocenters. The van der Waals surface area contributed by atoms with E-state index in [1.165, 1.54) is 18.7 Å². The van der Waals surface area contributed by atoms with Gasteiger partial charge in [0.1, 0.15) is 6.33 Å². The van der Waals surface area contributed by atoms with Crippen LogP contribution in [0.4, 0.5) is 4.79 Å². The molecule has 0 aliphatic heterocycles. The van der Waals surface area contributed by atoms with Crippen molar-refractivity contribution in [3.05, 3.63) is 31.4 Å². The molecule has 0 aliphatic carbocycles. The molecule has 7 nitrogen and oxygen atoms in total. The smallest absolute Gasteiger partial charge is 0.323 e. The molecule has 8 heteroatoms. The lowest BCUT2D eigenvalue weighted by Gasteiger charge is -2.15. The van der Waals surface area contributed by atoms with Crippen LogP contribution in [0.15, 0.2) is 31.4 Å². The summed E-state index contributed by atoms with van der Waals surface area (Å²) in [5.74, 6) is -1.40. The third-order valence-corrected chi connectivity index (χ3v) is 2.66. The molecule has 0 saturated carbocycles. The third-order valence-electron chi connectivity index (χ3n) is 1.60. The van der Waals surface area contributed by atoms with E-state index < -0.39 is 19.4 Å². The van der Waals surface area contributed by atoms with Crippen molar-refractivity contribution < 1.29 is 19.1 Å². The first-order chi connectivity index (χ1) is 6.95. The molecule has 1 aromatic heterocycles. The molecule has 1 atom stereocenters. The lowest BCUT2D eigenvalue weighted by atomic mass is 10.6. The minimum Gasteiger partial charge on any atom is -0.323 e. The Balaban J connectivity index is 2.73. The van der Waals surface area contributed by atoms with Gasteiger partial charge in [-0.25, -0.2) is 9.78 Å². The number of carbonyl (C=O) groups is 1. The van der Waals surface area contributed by atoms with E-state index in [0.717, 1.165) is 10.6 Å². The van der Waals surface area contributed by atoms with Crippen molar-refractivity contribution in [3.63, 3.8) is 0 Å². The first-order valence-electron chi connectivity index (χ1n) is 3.91. The number of hydrogen-bond donors (Lipinski definition) is 3. The summed E-state index contributed by atoms with van der Waals surface area (Å²) in [6.45, 7) is 3.23. The first kappa shape index (κ1) is 11.6. The molecule has 0 saturated heterocycles. The van der Waals surface area contributed by atoms with Crippen LogP contribution in [-0.4, -0.2) is 31.2 Å². The largest absolute Gasteiger partial charge is 0.351 e. The van der Waals surface area contributed by atoms with E-state index >= 15 is 0 Å². The molecule has 3 N–H and O–H groups in total. The number of carbonyl (C=O) groups excluding carboxylic acids is 1. The molecule has 1 amide bonds. The molecule has 0 bridgehead atoms. The summed E-state index contributed by atoms with van der Waals surface area (Å²) in [5.41, 5.74) is 0. The number of nitrogens with one attached hydrogen (secondary N) is 1. The predicted octanol–water partition coefficient (Wildman–Crippen LogP) is 0.131. The third kappa shape index (κ3) is 3.02. The van der Waals surface area contributed by atoms with Crippen LogP contribution in [0.25, 0.3) is 0 Å². The van der Waals surface area contributed by atoms with Crippen LogP contribution < -0.4 is 5.32 Å². The average molecular weight is 231 g/mol. The fourth-order valence-electron chi connectivity index (χ4n) is 0.861. The van der Waals surface area contributed by atoms with Gasteiger partial charge >= 0.3 is 13.6 Å². The maximum atomic E-state index is 11.3. The van der Waals surface area contributed by atoms with Crippen LogP contribution in [0.2, 0.25) is 0 Å². The van der Waals surface area contributed by atoms with Crippen molar-refractivity contribution in [3.8, 4) is 0 Å². The van der Waals surface area contributed by atoms with Crippen LogP contribution in [-0.2, 0) is 4.57 Å². The van der Waals surface area contributed by atoms with Crippen molar-refractivity contribution in [1.29, 1.82) is 0 Å². The molecule has 15 heavy (non-hydrogen) atoms. The minimum absolute atomic E-state index is 0.680. The monoisotopic (exact) mass is 231 g/mol. The van der Waals surface area contributed by atoms with Gasteiger partial charge in [0.15, 0.2) is 5.78 Å². The Morgan fingerprint density at radius 1 is 1.67 bits per heavy atom. The Morgan fingerprint density at radius 3 is 2.73 bits per heavy atom. The van der Waals surface area contributed by atoms with Gasteiger partial charge in [0, 0.05) is 12.4 Å². The summed E-state index contributed by atoms with van der Waals surface area (Å²) in [6.07, 6.45) is 4.93. The second-order valence-corrected chi connectivity index (χ2v) is 4.42. The zero-order chi connectivity index (χ0) is 11.5. The predicted molar refractivity (Wildman–Crippen MR) is 52.2 cm³/mol. The molecule has 0 fully saturated rings. The van der Waals surface area contributed by atoms with E-state index in [1.807, 2.05) is 0 Å². The number of amides is 1. The van der Waals surface area contributed by atoms with Gasteiger partial charge in [-0.15, -0.1) is 6.58 Å². The second-order valence-electron chi connectivity index (χ2n) is 2.69. The standard InChI is InChI=1S/C7H10N3O4P/c1-2-6(15(12,13)14)9-7(11)10-4-3-8-5-10/h2-6H,1H2,(H,9,11)(H2,12,13,14). The van der Waals surface area contributed by atoms with E-state index in [2.05, 4.69) is 16.9 Å². The van der Waals surface area contributed by atoms with Gasteiger partial charge in [-0.1, -0.05) is 6.08 Å². The maximum absolute atomic E-state index is 11.3. The highest BCUT2D eigenvalue weighted by Crippen LogP contribution is 2.39. The molecule has 1 rings (SSSR count). The van der Waals surface area contributed by atoms with Gasteiger partial charge in [0.2, 0.25) is 0 Å². The van der Waals surface area contributed by atoms with Crippen molar-refractivity contribution >= 4 is 13.6 Å². The van der Waals surface area contributed by atoms with Crippen molar-refractivity contribution in [1.82, 2.24) is 14.9 Å². The highest BCUT2D eigenvalue weighted by molar-refractivity contribution is 7.52. The Hall–Kier alpha value is -1.43. The second kappa shape index (κ2) is 4.39. The van der Waals surface area contributed by atoms with Crippen molar-refractivity contribution in [2.24, 2.45) is 0 Å². The summed E-state index contributed by atoms with van der Waals surface area (Å²) in [6, 6.07) is -0.680. The molecule has 1 heterocycles. The Morgan fingerprint density at radius 2 is 2.33 bits per heavy atom. The molecule has 0 radical (unpaired) electrons. The van der Waals surface area contributed by atoms with Gasteiger partial charge in [0.25, 0.3) is 0 Å². The van der Waals surface area contributed by atoms with E-state index in [1.54, 1.807) is 0 Å². The normalized spacial score (nSPS) is 13.2. The number of hydrogen-bond acceptors (Lipinski definition) is 3. The quantitative estimate of drug-likeness (QED) is 0.506. The van der Waals surface area contributed by atoms with Gasteiger partial charge in [-0.2, -0.15) is 0 Å². The average Bonchev–Trinajstić information content (AvgIpc) is 2.64. The van der Waals surface area contributed by atoms with Crippen molar-refractivity contribution in [2.75, 3.05) is 0 Å². The number of rotatable bonds is 3. The lowest BCUT2D eigenvalue weighted by Crippen LogP contribution is -2.35. The summed E-state index contributed by atoms with van der Waals surface area (Å²) in [7, 11) is -4.42. The number of aromatic nitrogens is 2. The number of imidazole rings is 1. The summed E-state index contributed by atoms with van der Waals surface area (Å²) < 4.78 is 11.9. The Labute approximate surface area is 85.6 Å². The van der Waals surface area contributed by atoms with Gasteiger partial charge in [-0.05, 0) is 0 Å². The van der Waals surface area contributed by atoms with Gasteiger partial charge in [-0.3, -0.25) is 9.13 Å². The molecule has 1 aromatic rings. The van der Waals surface area contributed by atoms with Crippen LogP contribution in [0.1, 0.15) is 0 Å². The molecule has 82 valence electrons. The van der Waals surface area contributed by atoms with Crippen LogP contribution in [0, 0.1) is 0 Å². The SMILES string of the molecule is C=CC(NC(=O)n1ccnc1)P(=O)(O)O. The maximum Gasteiger partial charge on any atom is 0.351 e. The molecular weight excluding hydrogens is 221 g/mol. The highest BCUT2D eigenvalue weighted by atomic mass is 31.2. The zero-order valence-electron chi connectivity index (χ0n) is 7.65. The fourth-order valence-corrected chi connectivity index (χ4v) is 1.41. The van der Waals surface area contributed by atoms with E-state index in [0.29, 0.717) is 0 Å². The first-order valence-corrected chi connectivity index (χ1v) is 5.60.